The fourth-order valence-corrected chi connectivity index (χ4v) is 3.31. The van der Waals surface area contributed by atoms with Crippen LogP contribution in [0, 0.1) is 17.8 Å². The number of alkyl halides is 3. The SMILES string of the molecule is CCC(C)(F)C(F)(F)C1CC2CCC1C2. The van der Waals surface area contributed by atoms with Crippen LogP contribution in [-0.2, 0) is 0 Å². The quantitative estimate of drug-likeness (QED) is 0.668. The first-order valence-corrected chi connectivity index (χ1v) is 5.95. The van der Waals surface area contributed by atoms with Crippen LogP contribution < -0.4 is 0 Å². The minimum Gasteiger partial charge on any atom is -0.238 e. The molecule has 15 heavy (non-hydrogen) atoms. The Morgan fingerprint density at radius 1 is 1.13 bits per heavy atom. The van der Waals surface area contributed by atoms with E-state index in [-0.39, 0.29) is 12.3 Å². The van der Waals surface area contributed by atoms with Gasteiger partial charge in [0.1, 0.15) is 0 Å². The van der Waals surface area contributed by atoms with E-state index in [9.17, 15) is 13.2 Å². The highest BCUT2D eigenvalue weighted by Gasteiger charge is 2.60. The molecule has 0 spiro atoms. The lowest BCUT2D eigenvalue weighted by atomic mass is 9.77. The molecule has 2 aliphatic rings. The normalized spacial score (nSPS) is 39.4. The smallest absolute Gasteiger partial charge is 0.238 e. The van der Waals surface area contributed by atoms with Gasteiger partial charge in [-0.05, 0) is 44.4 Å². The Hall–Kier alpha value is -0.210. The van der Waals surface area contributed by atoms with E-state index in [0.717, 1.165) is 26.2 Å². The van der Waals surface area contributed by atoms with E-state index in [1.807, 2.05) is 0 Å². The highest BCUT2D eigenvalue weighted by Crippen LogP contribution is 2.57. The van der Waals surface area contributed by atoms with Crippen molar-refractivity contribution in [1.29, 1.82) is 0 Å². The number of halogens is 3. The van der Waals surface area contributed by atoms with E-state index in [2.05, 4.69) is 0 Å². The van der Waals surface area contributed by atoms with Gasteiger partial charge in [-0.2, -0.15) is 0 Å². The molecular formula is C12H19F3. The van der Waals surface area contributed by atoms with Crippen molar-refractivity contribution in [3.8, 4) is 0 Å². The van der Waals surface area contributed by atoms with Crippen LogP contribution in [0.5, 0.6) is 0 Å². The third-order valence-corrected chi connectivity index (χ3v) is 4.56. The Morgan fingerprint density at radius 3 is 2.20 bits per heavy atom. The summed E-state index contributed by atoms with van der Waals surface area (Å²) in [6.07, 6.45) is 3.29. The molecule has 2 fully saturated rings. The molecule has 0 aliphatic heterocycles. The van der Waals surface area contributed by atoms with E-state index in [1.54, 1.807) is 0 Å². The van der Waals surface area contributed by atoms with Crippen LogP contribution in [0.4, 0.5) is 13.2 Å². The molecule has 4 unspecified atom stereocenters. The van der Waals surface area contributed by atoms with E-state index in [4.69, 9.17) is 0 Å². The molecule has 2 saturated carbocycles. The van der Waals surface area contributed by atoms with Gasteiger partial charge in [0.05, 0.1) is 0 Å². The van der Waals surface area contributed by atoms with E-state index in [1.165, 1.54) is 6.92 Å². The van der Waals surface area contributed by atoms with Crippen LogP contribution in [0.3, 0.4) is 0 Å². The molecule has 0 saturated heterocycles. The number of fused-ring (bicyclic) bond motifs is 2. The Kier molecular flexibility index (Phi) is 2.55. The molecule has 88 valence electrons. The third-order valence-electron chi connectivity index (χ3n) is 4.56. The Labute approximate surface area is 89.2 Å². The molecule has 0 heterocycles. The molecule has 3 heteroatoms. The largest absolute Gasteiger partial charge is 0.284 e. The molecule has 0 aromatic rings. The van der Waals surface area contributed by atoms with Crippen molar-refractivity contribution in [2.45, 2.75) is 57.5 Å². The topological polar surface area (TPSA) is 0 Å². The lowest BCUT2D eigenvalue weighted by Crippen LogP contribution is -2.48. The van der Waals surface area contributed by atoms with Gasteiger partial charge in [-0.3, -0.25) is 0 Å². The summed E-state index contributed by atoms with van der Waals surface area (Å²) in [5, 5.41) is 0. The summed E-state index contributed by atoms with van der Waals surface area (Å²) in [7, 11) is 0. The van der Waals surface area contributed by atoms with Gasteiger partial charge in [-0.25, -0.2) is 13.2 Å². The van der Waals surface area contributed by atoms with Crippen LogP contribution in [0.2, 0.25) is 0 Å². The van der Waals surface area contributed by atoms with Crippen LogP contribution in [0.1, 0.15) is 46.0 Å². The van der Waals surface area contributed by atoms with Crippen molar-refractivity contribution in [2.24, 2.45) is 17.8 Å². The highest BCUT2D eigenvalue weighted by molar-refractivity contribution is 5.02. The minimum absolute atomic E-state index is 0.0756. The third kappa shape index (κ3) is 1.58. The van der Waals surface area contributed by atoms with E-state index < -0.39 is 17.5 Å². The average Bonchev–Trinajstić information content (AvgIpc) is 2.78. The molecule has 2 bridgehead atoms. The lowest BCUT2D eigenvalue weighted by Gasteiger charge is -2.37. The van der Waals surface area contributed by atoms with Gasteiger partial charge in [-0.15, -0.1) is 0 Å². The molecule has 0 aromatic carbocycles. The second-order valence-electron chi connectivity index (χ2n) is 5.46. The maximum Gasteiger partial charge on any atom is 0.284 e. The van der Waals surface area contributed by atoms with Crippen LogP contribution in [0.25, 0.3) is 0 Å². The first kappa shape index (κ1) is 11.3. The van der Waals surface area contributed by atoms with Crippen LogP contribution >= 0.6 is 0 Å². The zero-order chi connectivity index (χ0) is 11.3. The van der Waals surface area contributed by atoms with Crippen molar-refractivity contribution in [3.05, 3.63) is 0 Å². The zero-order valence-electron chi connectivity index (χ0n) is 9.40. The van der Waals surface area contributed by atoms with E-state index in [0.29, 0.717) is 12.3 Å². The lowest BCUT2D eigenvalue weighted by molar-refractivity contribution is -0.180. The van der Waals surface area contributed by atoms with Crippen molar-refractivity contribution in [1.82, 2.24) is 0 Å². The number of hydrogen-bond donors (Lipinski definition) is 0. The Balaban J connectivity index is 2.16. The highest BCUT2D eigenvalue weighted by atomic mass is 19.3. The summed E-state index contributed by atoms with van der Waals surface area (Å²) in [5.74, 6) is -3.32. The molecule has 2 rings (SSSR count). The molecule has 0 nitrogen and oxygen atoms in total. The van der Waals surface area contributed by atoms with Crippen molar-refractivity contribution >= 4 is 0 Å². The maximum atomic E-state index is 14.0. The fraction of sp³-hybridized carbons (Fsp3) is 1.00. The molecular weight excluding hydrogens is 201 g/mol. The van der Waals surface area contributed by atoms with E-state index >= 15 is 0 Å². The summed E-state index contributed by atoms with van der Waals surface area (Å²) >= 11 is 0. The monoisotopic (exact) mass is 220 g/mol. The number of hydrogen-bond acceptors (Lipinski definition) is 0. The summed E-state index contributed by atoms with van der Waals surface area (Å²) in [4.78, 5) is 0. The predicted octanol–water partition coefficient (Wildman–Crippen LogP) is 4.20. The molecule has 0 aromatic heterocycles. The van der Waals surface area contributed by atoms with Crippen molar-refractivity contribution < 1.29 is 13.2 Å². The summed E-state index contributed by atoms with van der Waals surface area (Å²) < 4.78 is 41.8. The minimum atomic E-state index is -3.14. The second-order valence-corrected chi connectivity index (χ2v) is 5.46. The van der Waals surface area contributed by atoms with Gasteiger partial charge >= 0.3 is 0 Å². The second kappa shape index (κ2) is 3.39. The first-order chi connectivity index (χ1) is 6.88. The predicted molar refractivity (Wildman–Crippen MR) is 53.7 cm³/mol. The van der Waals surface area contributed by atoms with Gasteiger partial charge in [0.25, 0.3) is 5.92 Å². The molecule has 0 N–H and O–H groups in total. The summed E-state index contributed by atoms with van der Waals surface area (Å²) in [6.45, 7) is 2.56. The molecule has 0 radical (unpaired) electrons. The van der Waals surface area contributed by atoms with Crippen molar-refractivity contribution in [2.75, 3.05) is 0 Å². The fourth-order valence-electron chi connectivity index (χ4n) is 3.31. The molecule has 0 amide bonds. The van der Waals surface area contributed by atoms with Crippen LogP contribution in [-0.4, -0.2) is 11.6 Å². The summed E-state index contributed by atoms with van der Waals surface area (Å²) in [5.41, 5.74) is -2.33. The van der Waals surface area contributed by atoms with Gasteiger partial charge < -0.3 is 0 Å². The number of rotatable bonds is 3. The molecule has 4 atom stereocenters. The van der Waals surface area contributed by atoms with Gasteiger partial charge in [-0.1, -0.05) is 13.3 Å². The standard InChI is InChI=1S/C12H19F3/c1-3-11(2,13)12(14,15)10-7-8-4-5-9(10)6-8/h8-10H,3-7H2,1-2H3. The van der Waals surface area contributed by atoms with Gasteiger partial charge in [0.2, 0.25) is 0 Å². The Morgan fingerprint density at radius 2 is 1.80 bits per heavy atom. The molecule has 2 aliphatic carbocycles. The van der Waals surface area contributed by atoms with Crippen LogP contribution in [0.15, 0.2) is 0 Å². The Bertz CT molecular complexity index is 247. The van der Waals surface area contributed by atoms with Gasteiger partial charge in [0, 0.05) is 5.92 Å². The van der Waals surface area contributed by atoms with Crippen molar-refractivity contribution in [3.63, 3.8) is 0 Å². The van der Waals surface area contributed by atoms with Gasteiger partial charge in [0.15, 0.2) is 5.67 Å². The summed E-state index contributed by atoms with van der Waals surface area (Å²) in [6, 6.07) is 0. The average molecular weight is 220 g/mol. The maximum absolute atomic E-state index is 14.0. The zero-order valence-corrected chi connectivity index (χ0v) is 9.40. The first-order valence-electron chi connectivity index (χ1n) is 5.95.